The van der Waals surface area contributed by atoms with Gasteiger partial charge in [0.05, 0.1) is 6.04 Å². The molecule has 1 aliphatic rings. The lowest BCUT2D eigenvalue weighted by atomic mass is 10.1. The summed E-state index contributed by atoms with van der Waals surface area (Å²) >= 11 is 0. The lowest BCUT2D eigenvalue weighted by molar-refractivity contribution is 0.174. The highest BCUT2D eigenvalue weighted by Gasteiger charge is 2.17. The van der Waals surface area contributed by atoms with Crippen LogP contribution in [0.2, 0.25) is 0 Å². The highest BCUT2D eigenvalue weighted by atomic mass is 16.7. The van der Waals surface area contributed by atoms with Crippen molar-refractivity contribution >= 4 is 6.03 Å². The fourth-order valence-electron chi connectivity index (χ4n) is 1.88. The molecule has 5 nitrogen and oxygen atoms in total. The van der Waals surface area contributed by atoms with Crippen LogP contribution in [0, 0.1) is 5.92 Å². The average molecular weight is 278 g/mol. The predicted octanol–water partition coefficient (Wildman–Crippen LogP) is 2.82. The van der Waals surface area contributed by atoms with Crippen LogP contribution in [-0.2, 0) is 0 Å². The van der Waals surface area contributed by atoms with E-state index in [-0.39, 0.29) is 24.9 Å². The molecule has 2 N–H and O–H groups in total. The van der Waals surface area contributed by atoms with Crippen molar-refractivity contribution in [1.29, 1.82) is 0 Å². The van der Waals surface area contributed by atoms with Crippen molar-refractivity contribution < 1.29 is 14.3 Å². The number of ether oxygens (including phenoxy) is 2. The van der Waals surface area contributed by atoms with Gasteiger partial charge in [-0.05, 0) is 37.5 Å². The zero-order valence-electron chi connectivity index (χ0n) is 12.4. The van der Waals surface area contributed by atoms with Gasteiger partial charge in [0.1, 0.15) is 0 Å². The molecular weight excluding hydrogens is 256 g/mol. The molecule has 2 rings (SSSR count). The fourth-order valence-corrected chi connectivity index (χ4v) is 1.88. The predicted molar refractivity (Wildman–Crippen MR) is 76.9 cm³/mol. The Kier molecular flexibility index (Phi) is 4.37. The average Bonchev–Trinajstić information content (AvgIpc) is 2.85. The molecule has 0 radical (unpaired) electrons. The molecule has 1 aromatic rings. The van der Waals surface area contributed by atoms with Crippen molar-refractivity contribution in [2.24, 2.45) is 5.92 Å². The molecule has 2 amide bonds. The van der Waals surface area contributed by atoms with Crippen molar-refractivity contribution in [3.63, 3.8) is 0 Å². The topological polar surface area (TPSA) is 59.6 Å². The van der Waals surface area contributed by atoms with Crippen molar-refractivity contribution in [3.05, 3.63) is 23.8 Å². The van der Waals surface area contributed by atoms with Crippen molar-refractivity contribution in [3.8, 4) is 11.5 Å². The summed E-state index contributed by atoms with van der Waals surface area (Å²) in [4.78, 5) is 11.9. The summed E-state index contributed by atoms with van der Waals surface area (Å²) in [5.74, 6) is 1.88. The molecule has 1 aromatic carbocycles. The maximum absolute atomic E-state index is 11.9. The summed E-state index contributed by atoms with van der Waals surface area (Å²) in [5.41, 5.74) is 0.988. The first-order valence-corrected chi connectivity index (χ1v) is 6.94. The third kappa shape index (κ3) is 3.35. The van der Waals surface area contributed by atoms with Gasteiger partial charge in [0.2, 0.25) is 6.79 Å². The van der Waals surface area contributed by atoms with Gasteiger partial charge in [-0.1, -0.05) is 19.9 Å². The van der Waals surface area contributed by atoms with E-state index in [2.05, 4.69) is 24.5 Å². The molecule has 0 fully saturated rings. The van der Waals surface area contributed by atoms with Gasteiger partial charge in [-0.2, -0.15) is 0 Å². The number of rotatable bonds is 4. The van der Waals surface area contributed by atoms with Crippen LogP contribution in [0.3, 0.4) is 0 Å². The Morgan fingerprint density at radius 3 is 2.50 bits per heavy atom. The van der Waals surface area contributed by atoms with Crippen LogP contribution >= 0.6 is 0 Å². The quantitative estimate of drug-likeness (QED) is 0.890. The van der Waals surface area contributed by atoms with E-state index in [1.165, 1.54) is 0 Å². The number of benzene rings is 1. The zero-order valence-corrected chi connectivity index (χ0v) is 12.4. The van der Waals surface area contributed by atoms with E-state index >= 15 is 0 Å². The van der Waals surface area contributed by atoms with E-state index in [0.717, 1.165) is 17.1 Å². The van der Waals surface area contributed by atoms with Crippen LogP contribution in [0.15, 0.2) is 18.2 Å². The molecule has 1 heterocycles. The Hall–Kier alpha value is -1.91. The third-order valence-electron chi connectivity index (χ3n) is 3.60. The number of carbonyl (C=O) groups is 1. The summed E-state index contributed by atoms with van der Waals surface area (Å²) in [6.45, 7) is 8.35. The van der Waals surface area contributed by atoms with Gasteiger partial charge >= 0.3 is 6.03 Å². The Morgan fingerprint density at radius 1 is 1.10 bits per heavy atom. The van der Waals surface area contributed by atoms with E-state index in [9.17, 15) is 4.79 Å². The number of carbonyl (C=O) groups excluding carboxylic acids is 1. The second-order valence-electron chi connectivity index (χ2n) is 5.48. The van der Waals surface area contributed by atoms with Crippen molar-refractivity contribution in [1.82, 2.24) is 10.6 Å². The minimum atomic E-state index is -0.156. The molecule has 20 heavy (non-hydrogen) atoms. The summed E-state index contributed by atoms with van der Waals surface area (Å²) < 4.78 is 10.6. The first-order valence-electron chi connectivity index (χ1n) is 6.94. The van der Waals surface area contributed by atoms with Gasteiger partial charge in [-0.3, -0.25) is 0 Å². The Bertz CT molecular complexity index is 488. The standard InChI is InChI=1S/C15H22N2O3/c1-9(2)10(3)16-15(18)17-11(4)12-5-6-13-14(7-12)20-8-19-13/h5-7,9-11H,8H2,1-4H3,(H2,16,17,18)/t10-,11+/m0/s1. The monoisotopic (exact) mass is 278 g/mol. The van der Waals surface area contributed by atoms with Crippen LogP contribution in [0.1, 0.15) is 39.3 Å². The van der Waals surface area contributed by atoms with Gasteiger partial charge in [0.25, 0.3) is 0 Å². The summed E-state index contributed by atoms with van der Waals surface area (Å²) in [7, 11) is 0. The number of hydrogen-bond acceptors (Lipinski definition) is 3. The van der Waals surface area contributed by atoms with Crippen LogP contribution in [0.5, 0.6) is 11.5 Å². The van der Waals surface area contributed by atoms with Gasteiger partial charge in [0.15, 0.2) is 11.5 Å². The largest absolute Gasteiger partial charge is 0.454 e. The van der Waals surface area contributed by atoms with Crippen LogP contribution in [-0.4, -0.2) is 18.9 Å². The first-order chi connectivity index (χ1) is 9.47. The van der Waals surface area contributed by atoms with E-state index in [0.29, 0.717) is 5.92 Å². The minimum absolute atomic E-state index is 0.0936. The third-order valence-corrected chi connectivity index (χ3v) is 3.60. The van der Waals surface area contributed by atoms with Crippen molar-refractivity contribution in [2.75, 3.05) is 6.79 Å². The fraction of sp³-hybridized carbons (Fsp3) is 0.533. The van der Waals surface area contributed by atoms with Gasteiger partial charge in [-0.15, -0.1) is 0 Å². The smallest absolute Gasteiger partial charge is 0.315 e. The molecule has 2 atom stereocenters. The molecule has 0 spiro atoms. The molecule has 0 unspecified atom stereocenters. The van der Waals surface area contributed by atoms with Crippen LogP contribution in [0.4, 0.5) is 4.79 Å². The second-order valence-corrected chi connectivity index (χ2v) is 5.48. The SMILES string of the molecule is CC(C)[C@H](C)NC(=O)N[C@H](C)c1ccc2c(c1)OCO2. The zero-order chi connectivity index (χ0) is 14.7. The number of amides is 2. The first kappa shape index (κ1) is 14.5. The molecule has 0 aliphatic carbocycles. The molecule has 1 aliphatic heterocycles. The summed E-state index contributed by atoms with van der Waals surface area (Å²) in [6.07, 6.45) is 0. The van der Waals surface area contributed by atoms with E-state index in [1.807, 2.05) is 32.0 Å². The molecule has 110 valence electrons. The molecule has 0 saturated carbocycles. The van der Waals surface area contributed by atoms with Gasteiger partial charge < -0.3 is 20.1 Å². The lowest BCUT2D eigenvalue weighted by Gasteiger charge is -2.20. The molecule has 0 saturated heterocycles. The normalized spacial score (nSPS) is 15.8. The summed E-state index contributed by atoms with van der Waals surface area (Å²) in [5, 5.41) is 5.85. The molecule has 0 aromatic heterocycles. The highest BCUT2D eigenvalue weighted by Crippen LogP contribution is 2.34. The Balaban J connectivity index is 1.94. The highest BCUT2D eigenvalue weighted by molar-refractivity contribution is 5.74. The number of nitrogens with one attached hydrogen (secondary N) is 2. The van der Waals surface area contributed by atoms with E-state index in [4.69, 9.17) is 9.47 Å². The van der Waals surface area contributed by atoms with E-state index < -0.39 is 0 Å². The molecular formula is C15H22N2O3. The lowest BCUT2D eigenvalue weighted by Crippen LogP contribution is -2.43. The van der Waals surface area contributed by atoms with Gasteiger partial charge in [0, 0.05) is 6.04 Å². The molecule has 5 heteroatoms. The van der Waals surface area contributed by atoms with Crippen LogP contribution < -0.4 is 20.1 Å². The van der Waals surface area contributed by atoms with E-state index in [1.54, 1.807) is 0 Å². The number of fused-ring (bicyclic) bond motifs is 1. The van der Waals surface area contributed by atoms with Gasteiger partial charge in [-0.25, -0.2) is 4.79 Å². The number of hydrogen-bond donors (Lipinski definition) is 2. The Labute approximate surface area is 119 Å². The van der Waals surface area contributed by atoms with Crippen molar-refractivity contribution in [2.45, 2.75) is 39.8 Å². The Morgan fingerprint density at radius 2 is 1.80 bits per heavy atom. The molecule has 0 bridgehead atoms. The second kappa shape index (κ2) is 6.03. The maximum Gasteiger partial charge on any atom is 0.315 e. The number of urea groups is 1. The summed E-state index contributed by atoms with van der Waals surface area (Å²) in [6, 6.07) is 5.59. The maximum atomic E-state index is 11.9. The van der Waals surface area contributed by atoms with Crippen LogP contribution in [0.25, 0.3) is 0 Å². The minimum Gasteiger partial charge on any atom is -0.454 e.